The van der Waals surface area contributed by atoms with Gasteiger partial charge in [-0.3, -0.25) is 4.98 Å². The Morgan fingerprint density at radius 2 is 1.76 bits per heavy atom. The van der Waals surface area contributed by atoms with E-state index in [1.165, 1.54) is 6.20 Å². The molecule has 0 saturated carbocycles. The molecule has 1 aromatic heterocycles. The lowest BCUT2D eigenvalue weighted by atomic mass is 10.1. The second kappa shape index (κ2) is 5.63. The number of rotatable bonds is 4. The number of aromatic carboxylic acids is 1. The molecule has 0 radical (unpaired) electrons. The van der Waals surface area contributed by atoms with Gasteiger partial charge >= 0.3 is 5.97 Å². The number of nitrogens with one attached hydrogen (secondary N) is 1. The molecule has 3 aromatic rings. The Bertz CT molecular complexity index is 785. The van der Waals surface area contributed by atoms with Gasteiger partial charge in [-0.05, 0) is 11.6 Å². The fraction of sp³-hybridized carbons (Fsp3) is 0.0588. The normalized spacial score (nSPS) is 10.5. The van der Waals surface area contributed by atoms with Gasteiger partial charge in [0.15, 0.2) is 0 Å². The van der Waals surface area contributed by atoms with Crippen LogP contribution in [0.15, 0.2) is 60.8 Å². The topological polar surface area (TPSA) is 62.2 Å². The molecule has 0 aliphatic heterocycles. The number of para-hydroxylation sites is 1. The summed E-state index contributed by atoms with van der Waals surface area (Å²) < 4.78 is 0. The third-order valence-corrected chi connectivity index (χ3v) is 3.32. The van der Waals surface area contributed by atoms with Crippen LogP contribution < -0.4 is 5.32 Å². The number of carboxylic acid groups (broad SMARTS) is 1. The maximum atomic E-state index is 11.4. The van der Waals surface area contributed by atoms with E-state index in [1.54, 1.807) is 0 Å². The van der Waals surface area contributed by atoms with E-state index in [0.29, 0.717) is 12.2 Å². The summed E-state index contributed by atoms with van der Waals surface area (Å²) in [4.78, 5) is 15.6. The summed E-state index contributed by atoms with van der Waals surface area (Å²) in [6.45, 7) is 0.565. The molecule has 1 heterocycles. The minimum atomic E-state index is -0.983. The Kier molecular flexibility index (Phi) is 3.51. The maximum absolute atomic E-state index is 11.4. The number of carboxylic acids is 1. The molecule has 4 nitrogen and oxygen atoms in total. The van der Waals surface area contributed by atoms with Crippen molar-refractivity contribution in [2.24, 2.45) is 0 Å². The third kappa shape index (κ3) is 2.69. The molecule has 0 aliphatic rings. The second-order valence-electron chi connectivity index (χ2n) is 4.71. The van der Waals surface area contributed by atoms with Crippen molar-refractivity contribution >= 4 is 22.6 Å². The molecule has 0 unspecified atom stereocenters. The third-order valence-electron chi connectivity index (χ3n) is 3.32. The molecule has 21 heavy (non-hydrogen) atoms. The number of aromatic nitrogens is 1. The van der Waals surface area contributed by atoms with Gasteiger partial charge in [0.05, 0.1) is 11.2 Å². The minimum Gasteiger partial charge on any atom is -0.478 e. The van der Waals surface area contributed by atoms with Gasteiger partial charge in [0.1, 0.15) is 5.56 Å². The van der Waals surface area contributed by atoms with Crippen LogP contribution in [-0.2, 0) is 6.54 Å². The molecule has 2 N–H and O–H groups in total. The number of anilines is 1. The average Bonchev–Trinajstić information content (AvgIpc) is 2.53. The maximum Gasteiger partial charge on any atom is 0.339 e. The van der Waals surface area contributed by atoms with Crippen LogP contribution in [0.1, 0.15) is 15.9 Å². The van der Waals surface area contributed by atoms with E-state index in [9.17, 15) is 9.90 Å². The van der Waals surface area contributed by atoms with Gasteiger partial charge in [-0.1, -0.05) is 48.5 Å². The number of hydrogen-bond donors (Lipinski definition) is 2. The highest BCUT2D eigenvalue weighted by Gasteiger charge is 2.14. The first kappa shape index (κ1) is 13.1. The van der Waals surface area contributed by atoms with Crippen LogP contribution in [0.4, 0.5) is 5.69 Å². The fourth-order valence-corrected chi connectivity index (χ4v) is 2.28. The van der Waals surface area contributed by atoms with Crippen LogP contribution in [0.5, 0.6) is 0 Å². The molecule has 0 saturated heterocycles. The Morgan fingerprint density at radius 3 is 2.52 bits per heavy atom. The summed E-state index contributed by atoms with van der Waals surface area (Å²) in [5.74, 6) is -0.983. The van der Waals surface area contributed by atoms with Crippen LogP contribution in [-0.4, -0.2) is 16.1 Å². The Labute approximate surface area is 122 Å². The Balaban J connectivity index is 2.02. The van der Waals surface area contributed by atoms with E-state index in [4.69, 9.17) is 0 Å². The van der Waals surface area contributed by atoms with Crippen molar-refractivity contribution in [3.05, 3.63) is 71.9 Å². The number of benzene rings is 2. The van der Waals surface area contributed by atoms with Gasteiger partial charge in [-0.25, -0.2) is 4.79 Å². The minimum absolute atomic E-state index is 0.185. The average molecular weight is 278 g/mol. The molecule has 0 fully saturated rings. The predicted molar refractivity (Wildman–Crippen MR) is 82.5 cm³/mol. The lowest BCUT2D eigenvalue weighted by molar-refractivity contribution is 0.0697. The first-order valence-electron chi connectivity index (χ1n) is 6.64. The van der Waals surface area contributed by atoms with Crippen molar-refractivity contribution in [3.63, 3.8) is 0 Å². The molecule has 0 amide bonds. The van der Waals surface area contributed by atoms with Crippen LogP contribution in [0.3, 0.4) is 0 Å². The van der Waals surface area contributed by atoms with E-state index in [1.807, 2.05) is 54.6 Å². The molecule has 0 spiro atoms. The van der Waals surface area contributed by atoms with Crippen molar-refractivity contribution < 1.29 is 9.90 Å². The second-order valence-corrected chi connectivity index (χ2v) is 4.71. The lowest BCUT2D eigenvalue weighted by Gasteiger charge is -2.12. The molecule has 2 aromatic carbocycles. The van der Waals surface area contributed by atoms with Gasteiger partial charge in [-0.2, -0.15) is 0 Å². The first-order valence-corrected chi connectivity index (χ1v) is 6.64. The number of hydrogen-bond acceptors (Lipinski definition) is 3. The van der Waals surface area contributed by atoms with Crippen LogP contribution in [0.25, 0.3) is 10.9 Å². The number of carbonyl (C=O) groups is 1. The molecule has 0 atom stereocenters. The molecule has 0 aliphatic carbocycles. The van der Waals surface area contributed by atoms with Crippen molar-refractivity contribution in [3.8, 4) is 0 Å². The summed E-state index contributed by atoms with van der Waals surface area (Å²) in [5, 5.41) is 13.4. The summed E-state index contributed by atoms with van der Waals surface area (Å²) in [7, 11) is 0. The summed E-state index contributed by atoms with van der Waals surface area (Å²) >= 11 is 0. The summed E-state index contributed by atoms with van der Waals surface area (Å²) in [6, 6.07) is 17.4. The van der Waals surface area contributed by atoms with Gasteiger partial charge < -0.3 is 10.4 Å². The molecule has 104 valence electrons. The number of fused-ring (bicyclic) bond motifs is 1. The highest BCUT2D eigenvalue weighted by atomic mass is 16.4. The molecule has 4 heteroatoms. The number of nitrogens with zero attached hydrogens (tertiary/aromatic N) is 1. The quantitative estimate of drug-likeness (QED) is 0.766. The smallest absolute Gasteiger partial charge is 0.339 e. The fourth-order valence-electron chi connectivity index (χ4n) is 2.28. The van der Waals surface area contributed by atoms with Gasteiger partial charge in [0.2, 0.25) is 0 Å². The zero-order valence-electron chi connectivity index (χ0n) is 11.3. The van der Waals surface area contributed by atoms with E-state index in [-0.39, 0.29) is 5.56 Å². The van der Waals surface area contributed by atoms with Crippen molar-refractivity contribution in [2.75, 3.05) is 5.32 Å². The first-order chi connectivity index (χ1) is 10.3. The van der Waals surface area contributed by atoms with E-state index < -0.39 is 5.97 Å². The predicted octanol–water partition coefficient (Wildman–Crippen LogP) is 3.55. The molecular weight excluding hydrogens is 264 g/mol. The van der Waals surface area contributed by atoms with E-state index in [0.717, 1.165) is 16.5 Å². The zero-order valence-corrected chi connectivity index (χ0v) is 11.3. The SMILES string of the molecule is O=C(O)c1cnc2ccccc2c1NCc1ccccc1. The van der Waals surface area contributed by atoms with Crippen molar-refractivity contribution in [1.82, 2.24) is 4.98 Å². The largest absolute Gasteiger partial charge is 0.478 e. The molecule has 3 rings (SSSR count). The van der Waals surface area contributed by atoms with Crippen LogP contribution in [0, 0.1) is 0 Å². The summed E-state index contributed by atoms with van der Waals surface area (Å²) in [5.41, 5.74) is 2.66. The standard InChI is InChI=1S/C17H14N2O2/c20-17(21)14-11-18-15-9-5-4-8-13(15)16(14)19-10-12-6-2-1-3-7-12/h1-9,11H,10H2,(H,18,19)(H,20,21). The zero-order chi connectivity index (χ0) is 14.7. The Hall–Kier alpha value is -2.88. The lowest BCUT2D eigenvalue weighted by Crippen LogP contribution is -2.08. The molecule has 0 bridgehead atoms. The Morgan fingerprint density at radius 1 is 1.05 bits per heavy atom. The van der Waals surface area contributed by atoms with Crippen LogP contribution >= 0.6 is 0 Å². The number of pyridine rings is 1. The van der Waals surface area contributed by atoms with Crippen LogP contribution in [0.2, 0.25) is 0 Å². The van der Waals surface area contributed by atoms with Crippen molar-refractivity contribution in [1.29, 1.82) is 0 Å². The van der Waals surface area contributed by atoms with Gasteiger partial charge in [0, 0.05) is 18.1 Å². The van der Waals surface area contributed by atoms with Crippen molar-refractivity contribution in [2.45, 2.75) is 6.54 Å². The van der Waals surface area contributed by atoms with E-state index >= 15 is 0 Å². The van der Waals surface area contributed by atoms with Gasteiger partial charge in [-0.15, -0.1) is 0 Å². The molecular formula is C17H14N2O2. The monoisotopic (exact) mass is 278 g/mol. The van der Waals surface area contributed by atoms with Gasteiger partial charge in [0.25, 0.3) is 0 Å². The highest BCUT2D eigenvalue weighted by molar-refractivity contribution is 6.04. The van der Waals surface area contributed by atoms with E-state index in [2.05, 4.69) is 10.3 Å². The highest BCUT2D eigenvalue weighted by Crippen LogP contribution is 2.26. The summed E-state index contributed by atoms with van der Waals surface area (Å²) in [6.07, 6.45) is 1.40.